The number of nitrogens with one attached hydrogen (secondary N) is 1. The van der Waals surface area contributed by atoms with Crippen molar-refractivity contribution in [1.29, 1.82) is 5.26 Å². The number of allylic oxidation sites excluding steroid dienone is 1. The molecule has 0 aromatic carbocycles. The van der Waals surface area contributed by atoms with Gasteiger partial charge in [-0.3, -0.25) is 4.79 Å². The van der Waals surface area contributed by atoms with E-state index in [1.54, 1.807) is 0 Å². The van der Waals surface area contributed by atoms with Crippen molar-refractivity contribution in [3.8, 4) is 6.07 Å². The molecule has 4 nitrogen and oxygen atoms in total. The lowest BCUT2D eigenvalue weighted by Crippen LogP contribution is -2.29. The molecule has 11 heavy (non-hydrogen) atoms. The van der Waals surface area contributed by atoms with Gasteiger partial charge in [-0.15, -0.1) is 0 Å². The SMILES string of the molecule is N#CC=C1CNC(C(=O)O)C1. The van der Waals surface area contributed by atoms with Gasteiger partial charge in [0.05, 0.1) is 6.07 Å². The minimum absolute atomic E-state index is 0.447. The van der Waals surface area contributed by atoms with Crippen LogP contribution >= 0.6 is 0 Å². The van der Waals surface area contributed by atoms with Crippen LogP contribution in [0.3, 0.4) is 0 Å². The van der Waals surface area contributed by atoms with Crippen molar-refractivity contribution in [3.63, 3.8) is 0 Å². The number of carbonyl (C=O) groups is 1. The highest BCUT2D eigenvalue weighted by Gasteiger charge is 2.24. The molecule has 0 radical (unpaired) electrons. The van der Waals surface area contributed by atoms with Gasteiger partial charge in [-0.2, -0.15) is 5.26 Å². The summed E-state index contributed by atoms with van der Waals surface area (Å²) in [5.74, 6) is -0.855. The molecule has 1 unspecified atom stereocenters. The van der Waals surface area contributed by atoms with Crippen molar-refractivity contribution in [2.75, 3.05) is 6.54 Å². The molecule has 0 spiro atoms. The highest BCUT2D eigenvalue weighted by molar-refractivity contribution is 5.74. The van der Waals surface area contributed by atoms with Gasteiger partial charge in [0.15, 0.2) is 0 Å². The molecule has 1 aliphatic heterocycles. The van der Waals surface area contributed by atoms with E-state index < -0.39 is 12.0 Å². The molecule has 4 heteroatoms. The van der Waals surface area contributed by atoms with E-state index >= 15 is 0 Å². The van der Waals surface area contributed by atoms with Crippen LogP contribution in [0.2, 0.25) is 0 Å². The molecule has 58 valence electrons. The first-order valence-corrected chi connectivity index (χ1v) is 3.27. The maximum Gasteiger partial charge on any atom is 0.321 e. The summed E-state index contributed by atoms with van der Waals surface area (Å²) in [6.07, 6.45) is 1.85. The van der Waals surface area contributed by atoms with Crippen LogP contribution in [0.5, 0.6) is 0 Å². The Morgan fingerprint density at radius 3 is 3.09 bits per heavy atom. The van der Waals surface area contributed by atoms with E-state index in [4.69, 9.17) is 10.4 Å². The molecule has 1 rings (SSSR count). The highest BCUT2D eigenvalue weighted by atomic mass is 16.4. The van der Waals surface area contributed by atoms with Crippen LogP contribution in [0, 0.1) is 11.3 Å². The zero-order chi connectivity index (χ0) is 8.27. The quantitative estimate of drug-likeness (QED) is 0.514. The lowest BCUT2D eigenvalue weighted by atomic mass is 10.1. The van der Waals surface area contributed by atoms with Crippen LogP contribution in [0.1, 0.15) is 6.42 Å². The van der Waals surface area contributed by atoms with Gasteiger partial charge >= 0.3 is 5.97 Å². The van der Waals surface area contributed by atoms with Gasteiger partial charge in [-0.05, 0) is 12.0 Å². The van der Waals surface area contributed by atoms with Crippen molar-refractivity contribution in [2.24, 2.45) is 0 Å². The van der Waals surface area contributed by atoms with Gasteiger partial charge in [0, 0.05) is 12.6 Å². The maximum atomic E-state index is 10.4. The van der Waals surface area contributed by atoms with Gasteiger partial charge in [0.1, 0.15) is 6.04 Å². The van der Waals surface area contributed by atoms with E-state index in [-0.39, 0.29) is 0 Å². The van der Waals surface area contributed by atoms with E-state index in [9.17, 15) is 4.79 Å². The second-order valence-corrected chi connectivity index (χ2v) is 2.41. The standard InChI is InChI=1S/C7H8N2O2/c8-2-1-5-3-6(7(10)11)9-4-5/h1,6,9H,3-4H2,(H,10,11). The monoisotopic (exact) mass is 152 g/mol. The number of hydrogen-bond donors (Lipinski definition) is 2. The molecule has 0 bridgehead atoms. The minimum Gasteiger partial charge on any atom is -0.480 e. The smallest absolute Gasteiger partial charge is 0.321 e. The summed E-state index contributed by atoms with van der Waals surface area (Å²) in [6, 6.07) is 1.37. The van der Waals surface area contributed by atoms with E-state index in [1.165, 1.54) is 6.08 Å². The molecular weight excluding hydrogens is 144 g/mol. The number of nitriles is 1. The molecule has 1 saturated heterocycles. The molecule has 1 aliphatic rings. The number of rotatable bonds is 1. The van der Waals surface area contributed by atoms with Crippen molar-refractivity contribution in [1.82, 2.24) is 5.32 Å². The average molecular weight is 152 g/mol. The van der Waals surface area contributed by atoms with E-state index in [1.807, 2.05) is 6.07 Å². The van der Waals surface area contributed by atoms with Crippen LogP contribution in [-0.2, 0) is 4.79 Å². The molecule has 0 aliphatic carbocycles. The number of nitrogens with zero attached hydrogens (tertiary/aromatic N) is 1. The van der Waals surface area contributed by atoms with Gasteiger partial charge in [-0.1, -0.05) is 0 Å². The molecule has 1 fully saturated rings. The number of carboxylic acids is 1. The Kier molecular flexibility index (Phi) is 2.24. The number of aliphatic carboxylic acids is 1. The first-order valence-electron chi connectivity index (χ1n) is 3.27. The molecule has 2 N–H and O–H groups in total. The summed E-state index contributed by atoms with van der Waals surface area (Å²) in [4.78, 5) is 10.4. The highest BCUT2D eigenvalue weighted by Crippen LogP contribution is 2.11. The van der Waals surface area contributed by atoms with Crippen LogP contribution in [0.4, 0.5) is 0 Å². The Morgan fingerprint density at radius 1 is 1.91 bits per heavy atom. The first-order chi connectivity index (χ1) is 5.24. The van der Waals surface area contributed by atoms with Crippen molar-refractivity contribution in [3.05, 3.63) is 11.6 Å². The lowest BCUT2D eigenvalue weighted by Gasteiger charge is -1.99. The molecular formula is C7H8N2O2. The van der Waals surface area contributed by atoms with Gasteiger partial charge in [-0.25, -0.2) is 0 Å². The van der Waals surface area contributed by atoms with Crippen molar-refractivity contribution >= 4 is 5.97 Å². The molecule has 1 heterocycles. The van der Waals surface area contributed by atoms with Gasteiger partial charge < -0.3 is 10.4 Å². The first kappa shape index (κ1) is 7.76. The normalized spacial score (nSPS) is 26.8. The molecule has 0 saturated carbocycles. The molecule has 0 amide bonds. The number of hydrogen-bond acceptors (Lipinski definition) is 3. The van der Waals surface area contributed by atoms with Crippen molar-refractivity contribution < 1.29 is 9.90 Å². The minimum atomic E-state index is -0.855. The fraction of sp³-hybridized carbons (Fsp3) is 0.429. The lowest BCUT2D eigenvalue weighted by molar-refractivity contribution is -0.138. The van der Waals surface area contributed by atoms with Crippen molar-refractivity contribution in [2.45, 2.75) is 12.5 Å². The molecule has 0 aromatic rings. The third-order valence-electron chi connectivity index (χ3n) is 1.61. The summed E-state index contributed by atoms with van der Waals surface area (Å²) in [5.41, 5.74) is 0.861. The Balaban J connectivity index is 2.55. The van der Waals surface area contributed by atoms with Gasteiger partial charge in [0.2, 0.25) is 0 Å². The van der Waals surface area contributed by atoms with Crippen LogP contribution in [0.15, 0.2) is 11.6 Å². The Morgan fingerprint density at radius 2 is 2.64 bits per heavy atom. The van der Waals surface area contributed by atoms with E-state index in [0.29, 0.717) is 13.0 Å². The largest absolute Gasteiger partial charge is 0.480 e. The topological polar surface area (TPSA) is 73.1 Å². The summed E-state index contributed by atoms with van der Waals surface area (Å²) in [6.45, 7) is 0.518. The fourth-order valence-electron chi connectivity index (χ4n) is 1.04. The summed E-state index contributed by atoms with van der Waals surface area (Å²) in [7, 11) is 0. The molecule has 0 aromatic heterocycles. The Bertz CT molecular complexity index is 239. The fourth-order valence-corrected chi connectivity index (χ4v) is 1.04. The van der Waals surface area contributed by atoms with Crippen LogP contribution < -0.4 is 5.32 Å². The zero-order valence-electron chi connectivity index (χ0n) is 5.87. The van der Waals surface area contributed by atoms with Crippen LogP contribution in [-0.4, -0.2) is 23.7 Å². The third-order valence-corrected chi connectivity index (χ3v) is 1.61. The Labute approximate surface area is 64.1 Å². The Hall–Kier alpha value is -1.34. The zero-order valence-corrected chi connectivity index (χ0v) is 5.87. The average Bonchev–Trinajstić information content (AvgIpc) is 2.37. The predicted octanol–water partition coefficient (Wildman–Crippen LogP) is -0.117. The summed E-state index contributed by atoms with van der Waals surface area (Å²) in [5, 5.41) is 19.5. The summed E-state index contributed by atoms with van der Waals surface area (Å²) < 4.78 is 0. The second-order valence-electron chi connectivity index (χ2n) is 2.41. The van der Waals surface area contributed by atoms with E-state index in [0.717, 1.165) is 5.57 Å². The summed E-state index contributed by atoms with van der Waals surface area (Å²) >= 11 is 0. The van der Waals surface area contributed by atoms with Gasteiger partial charge in [0.25, 0.3) is 0 Å². The van der Waals surface area contributed by atoms with E-state index in [2.05, 4.69) is 5.32 Å². The third kappa shape index (κ3) is 1.79. The van der Waals surface area contributed by atoms with Crippen LogP contribution in [0.25, 0.3) is 0 Å². The predicted molar refractivity (Wildman–Crippen MR) is 37.7 cm³/mol. The second kappa shape index (κ2) is 3.17. The maximum absolute atomic E-state index is 10.4. The number of carboxylic acid groups (broad SMARTS) is 1. The molecule has 1 atom stereocenters.